The van der Waals surface area contributed by atoms with Gasteiger partial charge in [0.2, 0.25) is 5.91 Å². The first-order valence-electron chi connectivity index (χ1n) is 9.20. The van der Waals surface area contributed by atoms with E-state index in [0.29, 0.717) is 17.8 Å². The molecule has 0 aliphatic carbocycles. The smallest absolute Gasteiger partial charge is 0.266 e. The van der Waals surface area contributed by atoms with E-state index in [9.17, 15) is 18.4 Å². The fourth-order valence-corrected chi connectivity index (χ4v) is 3.35. The Kier molecular flexibility index (Phi) is 8.46. The number of aromatic nitrogens is 1. The molecule has 0 spiro atoms. The van der Waals surface area contributed by atoms with Crippen molar-refractivity contribution in [3.8, 4) is 6.07 Å². The molecule has 3 N–H and O–H groups in total. The SMILES string of the molecule is CC(C)CC(NC(=O)c1cccc(N(c2cccnc2)S(=O)O)c1)C(=O)NCC#N. The second-order valence-electron chi connectivity index (χ2n) is 6.82. The number of nitriles is 1. The number of anilines is 2. The molecule has 1 heterocycles. The average Bonchev–Trinajstić information content (AvgIpc) is 2.72. The van der Waals surface area contributed by atoms with Gasteiger partial charge in [0.25, 0.3) is 17.2 Å². The highest BCUT2D eigenvalue weighted by Gasteiger charge is 2.23. The van der Waals surface area contributed by atoms with Crippen LogP contribution in [0, 0.1) is 17.2 Å². The van der Waals surface area contributed by atoms with Crippen molar-refractivity contribution in [3.63, 3.8) is 0 Å². The van der Waals surface area contributed by atoms with Crippen LogP contribution in [-0.4, -0.2) is 38.1 Å². The lowest BCUT2D eigenvalue weighted by molar-refractivity contribution is -0.123. The quantitative estimate of drug-likeness (QED) is 0.413. The Labute approximate surface area is 177 Å². The maximum Gasteiger partial charge on any atom is 0.266 e. The lowest BCUT2D eigenvalue weighted by atomic mass is 10.0. The maximum absolute atomic E-state index is 12.8. The van der Waals surface area contributed by atoms with Gasteiger partial charge in [-0.05, 0) is 42.7 Å². The van der Waals surface area contributed by atoms with E-state index in [0.717, 1.165) is 4.31 Å². The van der Waals surface area contributed by atoms with Crippen LogP contribution < -0.4 is 14.9 Å². The third-order valence-electron chi connectivity index (χ3n) is 4.05. The van der Waals surface area contributed by atoms with Gasteiger partial charge in [0.05, 0.1) is 23.6 Å². The number of carbonyl (C=O) groups is 2. The summed E-state index contributed by atoms with van der Waals surface area (Å²) in [4.78, 5) is 29.0. The van der Waals surface area contributed by atoms with E-state index in [1.165, 1.54) is 18.5 Å². The highest BCUT2D eigenvalue weighted by atomic mass is 32.2. The van der Waals surface area contributed by atoms with Crippen LogP contribution in [-0.2, 0) is 16.1 Å². The maximum atomic E-state index is 12.8. The molecule has 158 valence electrons. The Morgan fingerprint density at radius 2 is 2.00 bits per heavy atom. The second-order valence-corrected chi connectivity index (χ2v) is 7.64. The highest BCUT2D eigenvalue weighted by molar-refractivity contribution is 7.81. The van der Waals surface area contributed by atoms with Crippen LogP contribution in [0.25, 0.3) is 0 Å². The van der Waals surface area contributed by atoms with Gasteiger partial charge in [0.1, 0.15) is 12.6 Å². The molecule has 0 fully saturated rings. The van der Waals surface area contributed by atoms with Crippen LogP contribution in [0.2, 0.25) is 0 Å². The molecule has 0 radical (unpaired) electrons. The van der Waals surface area contributed by atoms with Crippen LogP contribution in [0.3, 0.4) is 0 Å². The van der Waals surface area contributed by atoms with Crippen molar-refractivity contribution in [2.45, 2.75) is 26.3 Å². The summed E-state index contributed by atoms with van der Waals surface area (Å²) < 4.78 is 22.8. The number of pyridine rings is 1. The molecule has 10 heteroatoms. The zero-order valence-corrected chi connectivity index (χ0v) is 17.4. The Morgan fingerprint density at radius 1 is 1.27 bits per heavy atom. The summed E-state index contributed by atoms with van der Waals surface area (Å²) in [7, 11) is 0. The fraction of sp³-hybridized carbons (Fsp3) is 0.300. The van der Waals surface area contributed by atoms with E-state index in [1.807, 2.05) is 19.9 Å². The molecule has 1 aromatic heterocycles. The second kappa shape index (κ2) is 11.0. The Morgan fingerprint density at radius 3 is 2.60 bits per heavy atom. The van der Waals surface area contributed by atoms with Crippen LogP contribution in [0.5, 0.6) is 0 Å². The zero-order valence-electron chi connectivity index (χ0n) is 16.6. The minimum atomic E-state index is -2.39. The lowest BCUT2D eigenvalue weighted by Gasteiger charge is -2.21. The summed E-state index contributed by atoms with van der Waals surface area (Å²) in [5.41, 5.74) is 0.906. The summed E-state index contributed by atoms with van der Waals surface area (Å²) >= 11 is -2.39. The molecule has 0 aliphatic rings. The Balaban J connectivity index is 2.26. The van der Waals surface area contributed by atoms with E-state index < -0.39 is 29.1 Å². The van der Waals surface area contributed by atoms with Crippen LogP contribution in [0.1, 0.15) is 30.6 Å². The number of carbonyl (C=O) groups excluding carboxylic acids is 2. The minimum Gasteiger partial charge on any atom is -0.341 e. The predicted octanol–water partition coefficient (Wildman–Crippen LogP) is 2.14. The number of nitrogens with zero attached hydrogens (tertiary/aromatic N) is 3. The number of amides is 2. The number of benzene rings is 1. The van der Waals surface area contributed by atoms with Gasteiger partial charge in [-0.15, -0.1) is 0 Å². The zero-order chi connectivity index (χ0) is 22.1. The normalized spacial score (nSPS) is 12.5. The molecule has 2 aromatic rings. The molecule has 0 saturated heterocycles. The molecule has 2 unspecified atom stereocenters. The van der Waals surface area contributed by atoms with Crippen LogP contribution >= 0.6 is 0 Å². The van der Waals surface area contributed by atoms with Crippen molar-refractivity contribution in [1.29, 1.82) is 5.26 Å². The molecule has 9 nitrogen and oxygen atoms in total. The molecule has 2 rings (SSSR count). The Hall–Kier alpha value is -3.29. The van der Waals surface area contributed by atoms with Gasteiger partial charge < -0.3 is 10.6 Å². The molecule has 2 amide bonds. The fourth-order valence-electron chi connectivity index (χ4n) is 2.77. The van der Waals surface area contributed by atoms with Crippen LogP contribution in [0.15, 0.2) is 48.8 Å². The van der Waals surface area contributed by atoms with E-state index in [1.54, 1.807) is 30.3 Å². The highest BCUT2D eigenvalue weighted by Crippen LogP contribution is 2.26. The lowest BCUT2D eigenvalue weighted by Crippen LogP contribution is -2.47. The van der Waals surface area contributed by atoms with E-state index in [4.69, 9.17) is 5.26 Å². The van der Waals surface area contributed by atoms with E-state index in [-0.39, 0.29) is 18.0 Å². The summed E-state index contributed by atoms with van der Waals surface area (Å²) in [5, 5.41) is 13.8. The monoisotopic (exact) mass is 429 g/mol. The topological polar surface area (TPSA) is 135 Å². The average molecular weight is 430 g/mol. The molecule has 0 saturated carbocycles. The van der Waals surface area contributed by atoms with Gasteiger partial charge in [-0.2, -0.15) is 5.26 Å². The summed E-state index contributed by atoms with van der Waals surface area (Å²) in [6.07, 6.45) is 3.36. The molecule has 30 heavy (non-hydrogen) atoms. The minimum absolute atomic E-state index is 0.132. The van der Waals surface area contributed by atoms with E-state index in [2.05, 4.69) is 15.6 Å². The summed E-state index contributed by atoms with van der Waals surface area (Å²) in [6.45, 7) is 3.68. The van der Waals surface area contributed by atoms with Gasteiger partial charge in [-0.1, -0.05) is 19.9 Å². The summed E-state index contributed by atoms with van der Waals surface area (Å²) in [5.74, 6) is -0.819. The van der Waals surface area contributed by atoms with Gasteiger partial charge in [-0.25, -0.2) is 8.51 Å². The van der Waals surface area contributed by atoms with Crippen molar-refractivity contribution in [1.82, 2.24) is 15.6 Å². The van der Waals surface area contributed by atoms with Crippen molar-refractivity contribution in [2.24, 2.45) is 5.92 Å². The molecule has 1 aromatic carbocycles. The van der Waals surface area contributed by atoms with Crippen molar-refractivity contribution in [2.75, 3.05) is 10.8 Å². The summed E-state index contributed by atoms with van der Waals surface area (Å²) in [6, 6.07) is 10.4. The molecule has 0 bridgehead atoms. The molecule has 2 atom stereocenters. The molecular weight excluding hydrogens is 406 g/mol. The first-order valence-corrected chi connectivity index (χ1v) is 10.3. The van der Waals surface area contributed by atoms with E-state index >= 15 is 0 Å². The largest absolute Gasteiger partial charge is 0.341 e. The first kappa shape index (κ1) is 23.0. The third-order valence-corrected chi connectivity index (χ3v) is 4.78. The van der Waals surface area contributed by atoms with Crippen molar-refractivity contribution >= 4 is 34.5 Å². The van der Waals surface area contributed by atoms with Gasteiger partial charge in [0.15, 0.2) is 0 Å². The van der Waals surface area contributed by atoms with Crippen LogP contribution in [0.4, 0.5) is 11.4 Å². The molecular formula is C20H23N5O4S. The van der Waals surface area contributed by atoms with Gasteiger partial charge >= 0.3 is 0 Å². The van der Waals surface area contributed by atoms with Gasteiger partial charge in [-0.3, -0.25) is 19.1 Å². The van der Waals surface area contributed by atoms with Crippen molar-refractivity contribution in [3.05, 3.63) is 54.4 Å². The number of nitrogens with one attached hydrogen (secondary N) is 2. The number of rotatable bonds is 9. The standard InChI is InChI=1S/C20H23N5O4S/c1-14(2)11-18(20(27)23-10-8-21)24-19(26)15-5-3-6-16(12-15)25(30(28)29)17-7-4-9-22-13-17/h3-7,9,12-14,18H,10-11H2,1-2H3,(H,23,27)(H,24,26)(H,28,29). The van der Waals surface area contributed by atoms with Crippen molar-refractivity contribution < 1.29 is 18.4 Å². The Bertz CT molecular complexity index is 946. The first-order chi connectivity index (χ1) is 14.3. The molecule has 0 aliphatic heterocycles. The third kappa shape index (κ3) is 6.37. The number of hydrogen-bond acceptors (Lipinski definition) is 5. The number of hydrogen-bond donors (Lipinski definition) is 3. The predicted molar refractivity (Wildman–Crippen MR) is 113 cm³/mol. The van der Waals surface area contributed by atoms with Gasteiger partial charge in [0, 0.05) is 11.8 Å².